The molecule has 0 saturated heterocycles. The average molecular weight is 1120 g/mol. The van der Waals surface area contributed by atoms with Gasteiger partial charge in [0.15, 0.2) is 0 Å². The second-order valence-corrected chi connectivity index (χ2v) is 20.0. The van der Waals surface area contributed by atoms with E-state index in [2.05, 4.69) is 45.0 Å². The molecule has 8 aromatic carbocycles. The van der Waals surface area contributed by atoms with Gasteiger partial charge in [-0.25, -0.2) is 0 Å². The van der Waals surface area contributed by atoms with Crippen LogP contribution in [0.25, 0.3) is 83.4 Å². The first kappa shape index (κ1) is 30.3. The third kappa shape index (κ3) is 7.42. The van der Waals surface area contributed by atoms with Crippen LogP contribution < -0.4 is 9.64 Å². The summed E-state index contributed by atoms with van der Waals surface area (Å²) in [5.74, 6) is 1.57. The Labute approximate surface area is 446 Å². The zero-order valence-corrected chi connectivity index (χ0v) is 41.3. The molecule has 71 heavy (non-hydrogen) atoms. The van der Waals surface area contributed by atoms with E-state index < -0.39 is 78.6 Å². The molecule has 5 heterocycles. The Bertz CT molecular complexity index is 4660. The van der Waals surface area contributed by atoms with Crippen LogP contribution in [0.5, 0.6) is 11.5 Å². The first-order chi connectivity index (χ1) is 41.0. The van der Waals surface area contributed by atoms with Crippen LogP contribution in [0.3, 0.4) is 0 Å². The summed E-state index contributed by atoms with van der Waals surface area (Å²) in [7, 11) is 0. The van der Waals surface area contributed by atoms with Gasteiger partial charge in [0, 0.05) is 6.20 Å². The number of hydrogen-bond donors (Lipinski definition) is 0. The van der Waals surface area contributed by atoms with Crippen LogP contribution in [0.4, 0.5) is 5.69 Å². The zero-order chi connectivity index (χ0) is 60.8. The van der Waals surface area contributed by atoms with Crippen LogP contribution in [-0.2, 0) is 37.6 Å². The molecular formula is C64H53N5OPt. The molecular weight excluding hydrogens is 1050 g/mol. The topological polar surface area (TPSA) is 40.1 Å². The van der Waals surface area contributed by atoms with Gasteiger partial charge in [0.25, 0.3) is 0 Å². The molecule has 0 radical (unpaired) electrons. The molecule has 0 bridgehead atoms. The zero-order valence-electron chi connectivity index (χ0n) is 54.0. The number of rotatable bonds is 8. The van der Waals surface area contributed by atoms with E-state index in [1.54, 1.807) is 12.3 Å². The Hall–Kier alpha value is -7.53. The van der Waals surface area contributed by atoms with Gasteiger partial charge >= 0.3 is 350 Å². The average Bonchev–Trinajstić information content (AvgIpc) is 1.16. The van der Waals surface area contributed by atoms with Gasteiger partial charge in [0.05, 0.1) is 6.85 Å². The SMILES string of the molecule is [2H]c1c([2H])c([2H])c(-c2ccc3c(c2)c2ccc(Oc4cccc(-n5[c](=[Pt])n(-c6c(-c7c([2H])c([2H])c([2H])c([2H])c7[2H])c7c8c(c6-c6c([2H])c([2H])c([2H])c([2H])c6[2H])CCCN8CCC7)c6ccccc65)c4)cc2n3-c2cc(C(C)(C)C)ccn2)c([2H])c1[2H]. The summed E-state index contributed by atoms with van der Waals surface area (Å²) < 4.78 is 148. The first-order valence-corrected chi connectivity index (χ1v) is 24.8. The Morgan fingerprint density at radius 2 is 1.17 bits per heavy atom. The third-order valence-corrected chi connectivity index (χ3v) is 14.8. The number of anilines is 1. The first-order valence-electron chi connectivity index (χ1n) is 31.2. The monoisotopic (exact) mass is 1120 g/mol. The number of pyridine rings is 1. The minimum Gasteiger partial charge on any atom is -0.0617 e. The Morgan fingerprint density at radius 3 is 1.83 bits per heavy atom. The fourth-order valence-corrected chi connectivity index (χ4v) is 11.8. The number of aromatic nitrogens is 4. The summed E-state index contributed by atoms with van der Waals surface area (Å²) >= 11 is 2.22. The number of fused-ring (bicyclic) bond motifs is 4. The molecule has 0 spiro atoms. The maximum absolute atomic E-state index is 9.56. The van der Waals surface area contributed by atoms with Gasteiger partial charge in [-0.05, 0) is 28.2 Å². The molecule has 3 aromatic heterocycles. The molecule has 0 unspecified atom stereocenters. The number of ether oxygens (including phenoxy) is 1. The molecule has 2 aliphatic heterocycles. The standard InChI is InChI=1S/C64H53N5O.Pt/c1-64(2,3)47-34-35-65-59(39-47)69-55-33-30-46(43-18-7-4-8-19-43)38-54(55)51-32-31-50(41-58(51)69)70-49-25-15-24-48(40-49)67-42-68(57-29-14-13-28-56(57)67)63-60(44-20-9-5-10-21-44)52-26-16-36-66-37-17-27-53(62(52)66)61(63)45-22-11-6-12-23-45;/h4-15,18-25,28-35,38-41H,16-17,26-27,36-37H2,1-3H3;/i4D,5D,6D,7D,8D,9D,10D,11D,12D,18D,19D,20D,21D,22D,23D;. The summed E-state index contributed by atoms with van der Waals surface area (Å²) in [6, 6.07) is 23.5. The van der Waals surface area contributed by atoms with Crippen molar-refractivity contribution in [1.82, 2.24) is 18.7 Å². The molecule has 6 nitrogen and oxygen atoms in total. The Morgan fingerprint density at radius 1 is 0.535 bits per heavy atom. The Balaban J connectivity index is 1.03. The minimum atomic E-state index is -0.556. The fourth-order valence-electron chi connectivity index (χ4n) is 10.7. The third-order valence-electron chi connectivity index (χ3n) is 13.8. The summed E-state index contributed by atoms with van der Waals surface area (Å²) in [4.78, 5) is 7.10. The summed E-state index contributed by atoms with van der Waals surface area (Å²) in [6.45, 7) is 7.74. The molecule has 350 valence electrons. The van der Waals surface area contributed by atoms with Crippen molar-refractivity contribution in [3.05, 3.63) is 214 Å². The van der Waals surface area contributed by atoms with Crippen molar-refractivity contribution >= 4 is 38.5 Å². The van der Waals surface area contributed by atoms with E-state index in [0.29, 0.717) is 99.0 Å². The van der Waals surface area contributed by atoms with Crippen molar-refractivity contribution in [3.8, 4) is 62.1 Å². The van der Waals surface area contributed by atoms with E-state index in [1.165, 1.54) is 0 Å². The molecule has 0 fully saturated rings. The van der Waals surface area contributed by atoms with E-state index in [9.17, 15) is 5.48 Å². The minimum absolute atomic E-state index is 0.0520. The van der Waals surface area contributed by atoms with Crippen LogP contribution >= 0.6 is 0 Å². The van der Waals surface area contributed by atoms with Gasteiger partial charge < -0.3 is 0 Å². The van der Waals surface area contributed by atoms with E-state index in [0.717, 1.165) is 44.2 Å². The van der Waals surface area contributed by atoms with E-state index in [4.69, 9.17) is 24.8 Å². The van der Waals surface area contributed by atoms with Crippen LogP contribution in [-0.4, -0.2) is 31.8 Å². The summed E-state index contributed by atoms with van der Waals surface area (Å²) in [5.41, 5.74) is 8.05. The van der Waals surface area contributed by atoms with Gasteiger partial charge in [-0.3, -0.25) is 0 Å². The second kappa shape index (κ2) is 17.4. The summed E-state index contributed by atoms with van der Waals surface area (Å²) in [5, 5.41) is 1.56. The van der Waals surface area contributed by atoms with Crippen molar-refractivity contribution in [3.63, 3.8) is 0 Å². The van der Waals surface area contributed by atoms with Gasteiger partial charge in [0.2, 0.25) is 0 Å². The number of para-hydroxylation sites is 2. The van der Waals surface area contributed by atoms with E-state index in [-0.39, 0.29) is 34.2 Å². The number of imidazole rings is 1. The molecule has 0 amide bonds. The van der Waals surface area contributed by atoms with Crippen LogP contribution in [0.1, 0.15) is 70.9 Å². The van der Waals surface area contributed by atoms with Crippen molar-refractivity contribution in [2.45, 2.75) is 51.9 Å². The normalized spacial score (nSPS) is 16.5. The fraction of sp³-hybridized carbons (Fsp3) is 0.156. The van der Waals surface area contributed by atoms with Gasteiger partial charge in [0.1, 0.15) is 0 Å². The van der Waals surface area contributed by atoms with E-state index in [1.807, 2.05) is 105 Å². The van der Waals surface area contributed by atoms with Crippen molar-refractivity contribution in [2.75, 3.05) is 18.0 Å². The molecule has 7 heteroatoms. The quantitative estimate of drug-likeness (QED) is 0.152. The van der Waals surface area contributed by atoms with Crippen molar-refractivity contribution < 1.29 is 44.7 Å². The summed E-state index contributed by atoms with van der Waals surface area (Å²) in [6.07, 6.45) is 4.14. The number of benzene rings is 8. The maximum atomic E-state index is 9.56. The second-order valence-electron chi connectivity index (χ2n) is 19.0. The molecule has 11 aromatic rings. The van der Waals surface area contributed by atoms with Crippen LogP contribution in [0.2, 0.25) is 0 Å². The smallest absolute Gasteiger partial charge is 0.0617 e. The predicted octanol–water partition coefficient (Wildman–Crippen LogP) is 15.8. The van der Waals surface area contributed by atoms with Gasteiger partial charge in [-0.1, -0.05) is 57.0 Å². The molecule has 0 N–H and O–H groups in total. The molecule has 0 saturated carbocycles. The number of nitrogens with zero attached hydrogens (tertiary/aromatic N) is 5. The van der Waals surface area contributed by atoms with Crippen LogP contribution in [0, 0.1) is 3.80 Å². The molecule has 0 atom stereocenters. The molecule has 0 aliphatic carbocycles. The van der Waals surface area contributed by atoms with Gasteiger partial charge in [-0.15, -0.1) is 0 Å². The van der Waals surface area contributed by atoms with Crippen LogP contribution in [0.15, 0.2) is 194 Å². The number of hydrogen-bond acceptors (Lipinski definition) is 3. The van der Waals surface area contributed by atoms with Crippen molar-refractivity contribution in [2.24, 2.45) is 0 Å². The van der Waals surface area contributed by atoms with Crippen molar-refractivity contribution in [1.29, 1.82) is 0 Å². The molecule has 13 rings (SSSR count). The molecule has 2 aliphatic rings. The Kier molecular flexibility index (Phi) is 7.42. The predicted molar refractivity (Wildman–Crippen MR) is 288 cm³/mol. The van der Waals surface area contributed by atoms with E-state index >= 15 is 0 Å². The van der Waals surface area contributed by atoms with Gasteiger partial charge in [-0.2, -0.15) is 0 Å².